The van der Waals surface area contributed by atoms with Crippen molar-refractivity contribution >= 4 is 10.0 Å². The fourth-order valence-electron chi connectivity index (χ4n) is 2.05. The summed E-state index contributed by atoms with van der Waals surface area (Å²) in [4.78, 5) is 0.123. The van der Waals surface area contributed by atoms with Crippen LogP contribution in [-0.4, -0.2) is 36.5 Å². The number of hydrogen-bond donors (Lipinski definition) is 2. The molecule has 0 spiro atoms. The van der Waals surface area contributed by atoms with Crippen LogP contribution < -0.4 is 4.72 Å². The molecule has 1 aromatic heterocycles. The predicted molar refractivity (Wildman–Crippen MR) is 89.0 cm³/mol. The van der Waals surface area contributed by atoms with Crippen LogP contribution >= 0.6 is 0 Å². The Labute approximate surface area is 137 Å². The molecule has 0 aliphatic heterocycles. The number of nitrogens with one attached hydrogen (secondary N) is 1. The molecule has 0 bridgehead atoms. The van der Waals surface area contributed by atoms with Crippen molar-refractivity contribution in [2.75, 3.05) is 13.2 Å². The predicted octanol–water partition coefficient (Wildman–Crippen LogP) is 1.87. The van der Waals surface area contributed by atoms with Crippen LogP contribution in [0.2, 0.25) is 0 Å². The van der Waals surface area contributed by atoms with Gasteiger partial charge >= 0.3 is 0 Å². The van der Waals surface area contributed by atoms with Crippen molar-refractivity contribution in [2.24, 2.45) is 5.41 Å². The van der Waals surface area contributed by atoms with Gasteiger partial charge in [-0.05, 0) is 30.9 Å². The third kappa shape index (κ3) is 4.63. The van der Waals surface area contributed by atoms with Crippen molar-refractivity contribution in [1.29, 1.82) is 0 Å². The zero-order valence-corrected chi connectivity index (χ0v) is 14.5. The molecular weight excluding hydrogens is 314 g/mol. The lowest BCUT2D eigenvalue weighted by Gasteiger charge is -2.23. The SMILES string of the molecule is Cc1ccc(-n2cc(S(=O)(=O)NCC(C)(C)CCO)cn2)cc1. The van der Waals surface area contributed by atoms with E-state index in [-0.39, 0.29) is 23.5 Å². The molecule has 23 heavy (non-hydrogen) atoms. The van der Waals surface area contributed by atoms with Crippen LogP contribution in [0.1, 0.15) is 25.8 Å². The summed E-state index contributed by atoms with van der Waals surface area (Å²) in [6.07, 6.45) is 3.35. The molecule has 2 aromatic rings. The van der Waals surface area contributed by atoms with E-state index in [9.17, 15) is 8.42 Å². The van der Waals surface area contributed by atoms with Crippen molar-refractivity contribution in [3.05, 3.63) is 42.2 Å². The molecule has 2 N–H and O–H groups in total. The molecule has 1 heterocycles. The van der Waals surface area contributed by atoms with Crippen LogP contribution in [-0.2, 0) is 10.0 Å². The lowest BCUT2D eigenvalue weighted by molar-refractivity contribution is 0.213. The highest BCUT2D eigenvalue weighted by atomic mass is 32.2. The van der Waals surface area contributed by atoms with Gasteiger partial charge in [0.05, 0.1) is 18.1 Å². The molecule has 1 aromatic carbocycles. The number of aliphatic hydroxyl groups is 1. The molecule has 0 atom stereocenters. The third-order valence-electron chi connectivity index (χ3n) is 3.70. The zero-order chi connectivity index (χ0) is 17.1. The summed E-state index contributed by atoms with van der Waals surface area (Å²) in [6, 6.07) is 7.66. The number of sulfonamides is 1. The molecule has 2 rings (SSSR count). The summed E-state index contributed by atoms with van der Waals surface area (Å²) >= 11 is 0. The third-order valence-corrected chi connectivity index (χ3v) is 5.05. The average molecular weight is 337 g/mol. The van der Waals surface area contributed by atoms with Crippen molar-refractivity contribution in [3.8, 4) is 5.69 Å². The van der Waals surface area contributed by atoms with Gasteiger partial charge in [0.15, 0.2) is 0 Å². The monoisotopic (exact) mass is 337 g/mol. The smallest absolute Gasteiger partial charge is 0.243 e. The first-order valence-electron chi connectivity index (χ1n) is 7.46. The van der Waals surface area contributed by atoms with E-state index in [1.54, 1.807) is 0 Å². The number of nitrogens with zero attached hydrogens (tertiary/aromatic N) is 2. The number of rotatable bonds is 7. The first kappa shape index (κ1) is 17.7. The van der Waals surface area contributed by atoms with Crippen LogP contribution in [0, 0.1) is 12.3 Å². The number of aliphatic hydroxyl groups excluding tert-OH is 1. The number of aryl methyl sites for hydroxylation is 1. The van der Waals surface area contributed by atoms with Crippen molar-refractivity contribution < 1.29 is 13.5 Å². The Morgan fingerprint density at radius 1 is 1.26 bits per heavy atom. The van der Waals surface area contributed by atoms with Gasteiger partial charge in [-0.1, -0.05) is 31.5 Å². The van der Waals surface area contributed by atoms with Crippen molar-refractivity contribution in [3.63, 3.8) is 0 Å². The minimum Gasteiger partial charge on any atom is -0.396 e. The Balaban J connectivity index is 2.14. The minimum atomic E-state index is -3.62. The highest BCUT2D eigenvalue weighted by molar-refractivity contribution is 7.89. The molecule has 0 aliphatic carbocycles. The van der Waals surface area contributed by atoms with Crippen LogP contribution in [0.5, 0.6) is 0 Å². The molecule has 7 heteroatoms. The van der Waals surface area contributed by atoms with Gasteiger partial charge in [-0.15, -0.1) is 0 Å². The minimum absolute atomic E-state index is 0.0279. The van der Waals surface area contributed by atoms with Gasteiger partial charge in [0.2, 0.25) is 10.0 Å². The van der Waals surface area contributed by atoms with E-state index in [1.165, 1.54) is 17.1 Å². The Kier molecular flexibility index (Phi) is 5.23. The second-order valence-corrected chi connectivity index (χ2v) is 8.19. The molecule has 0 saturated heterocycles. The van der Waals surface area contributed by atoms with Gasteiger partial charge in [0, 0.05) is 13.2 Å². The second kappa shape index (κ2) is 6.82. The van der Waals surface area contributed by atoms with Gasteiger partial charge in [-0.2, -0.15) is 5.10 Å². The van der Waals surface area contributed by atoms with Crippen LogP contribution in [0.25, 0.3) is 5.69 Å². The van der Waals surface area contributed by atoms with E-state index in [1.807, 2.05) is 45.0 Å². The molecule has 0 radical (unpaired) electrons. The first-order chi connectivity index (χ1) is 10.7. The Bertz CT molecular complexity index is 749. The van der Waals surface area contributed by atoms with Gasteiger partial charge in [0.1, 0.15) is 4.90 Å². The quantitative estimate of drug-likeness (QED) is 0.808. The van der Waals surface area contributed by atoms with Gasteiger partial charge in [-0.3, -0.25) is 0 Å². The van der Waals surface area contributed by atoms with E-state index in [0.717, 1.165) is 11.3 Å². The number of benzene rings is 1. The zero-order valence-electron chi connectivity index (χ0n) is 13.7. The molecule has 6 nitrogen and oxygen atoms in total. The summed E-state index contributed by atoms with van der Waals surface area (Å²) in [6.45, 7) is 6.08. The summed E-state index contributed by atoms with van der Waals surface area (Å²) < 4.78 is 28.8. The molecule has 0 amide bonds. The summed E-state index contributed by atoms with van der Waals surface area (Å²) in [5.74, 6) is 0. The first-order valence-corrected chi connectivity index (χ1v) is 8.94. The lowest BCUT2D eigenvalue weighted by Crippen LogP contribution is -2.34. The fourth-order valence-corrected chi connectivity index (χ4v) is 3.22. The molecule has 0 unspecified atom stereocenters. The standard InChI is InChI=1S/C16H23N3O3S/c1-13-4-6-14(7-5-13)19-11-15(10-17-19)23(21,22)18-12-16(2,3)8-9-20/h4-7,10-11,18,20H,8-9,12H2,1-3H3. The second-order valence-electron chi connectivity index (χ2n) is 6.42. The highest BCUT2D eigenvalue weighted by Crippen LogP contribution is 2.20. The van der Waals surface area contributed by atoms with Crippen LogP contribution in [0.3, 0.4) is 0 Å². The maximum Gasteiger partial charge on any atom is 0.243 e. The van der Waals surface area contributed by atoms with E-state index in [0.29, 0.717) is 6.42 Å². The van der Waals surface area contributed by atoms with E-state index < -0.39 is 10.0 Å². The van der Waals surface area contributed by atoms with Crippen LogP contribution in [0.4, 0.5) is 0 Å². The number of aromatic nitrogens is 2. The van der Waals surface area contributed by atoms with Crippen molar-refractivity contribution in [1.82, 2.24) is 14.5 Å². The molecule has 0 aliphatic rings. The number of hydrogen-bond acceptors (Lipinski definition) is 4. The largest absolute Gasteiger partial charge is 0.396 e. The summed E-state index contributed by atoms with van der Waals surface area (Å²) in [5.41, 5.74) is 1.62. The Morgan fingerprint density at radius 2 is 1.91 bits per heavy atom. The fraction of sp³-hybridized carbons (Fsp3) is 0.438. The van der Waals surface area contributed by atoms with E-state index in [2.05, 4.69) is 9.82 Å². The lowest BCUT2D eigenvalue weighted by atomic mass is 9.90. The summed E-state index contributed by atoms with van der Waals surface area (Å²) in [5, 5.41) is 13.1. The van der Waals surface area contributed by atoms with Gasteiger partial charge in [0.25, 0.3) is 0 Å². The van der Waals surface area contributed by atoms with Crippen LogP contribution in [0.15, 0.2) is 41.6 Å². The highest BCUT2D eigenvalue weighted by Gasteiger charge is 2.23. The maximum atomic E-state index is 12.4. The van der Waals surface area contributed by atoms with E-state index >= 15 is 0 Å². The van der Waals surface area contributed by atoms with Crippen molar-refractivity contribution in [2.45, 2.75) is 32.1 Å². The molecule has 126 valence electrons. The molecule has 0 saturated carbocycles. The normalized spacial score (nSPS) is 12.5. The summed E-state index contributed by atoms with van der Waals surface area (Å²) in [7, 11) is -3.62. The Hall–Kier alpha value is -1.70. The van der Waals surface area contributed by atoms with Gasteiger partial charge in [-0.25, -0.2) is 17.8 Å². The Morgan fingerprint density at radius 3 is 2.52 bits per heavy atom. The maximum absolute atomic E-state index is 12.4. The topological polar surface area (TPSA) is 84.2 Å². The van der Waals surface area contributed by atoms with Gasteiger partial charge < -0.3 is 5.11 Å². The van der Waals surface area contributed by atoms with E-state index in [4.69, 9.17) is 5.11 Å². The molecular formula is C16H23N3O3S. The molecule has 0 fully saturated rings. The average Bonchev–Trinajstić information content (AvgIpc) is 2.97.